The maximum absolute atomic E-state index is 12.4. The van der Waals surface area contributed by atoms with E-state index in [2.05, 4.69) is 10.6 Å². The first-order valence-corrected chi connectivity index (χ1v) is 9.06. The lowest BCUT2D eigenvalue weighted by Gasteiger charge is -2.12. The molecule has 0 spiro atoms. The molecule has 2 rings (SSSR count). The monoisotopic (exact) mass is 417 g/mol. The zero-order valence-electron chi connectivity index (χ0n) is 16.9. The molecular weight excluding hydrogens is 394 g/mol. The summed E-state index contributed by atoms with van der Waals surface area (Å²) in [6, 6.07) is 9.00. The van der Waals surface area contributed by atoms with Gasteiger partial charge in [0.2, 0.25) is 0 Å². The quantitative estimate of drug-likeness (QED) is 0.447. The SMILES string of the molecule is CCNC(=O)COc1ccc(CNC(=O)c2ccc(OC)c([N+](=O)[O-])c2)cc1OC. The Morgan fingerprint density at radius 3 is 2.33 bits per heavy atom. The van der Waals surface area contributed by atoms with E-state index in [1.165, 1.54) is 26.4 Å². The second kappa shape index (κ2) is 10.6. The molecule has 10 nitrogen and oxygen atoms in total. The number of methoxy groups -OCH3 is 2. The lowest BCUT2D eigenvalue weighted by molar-refractivity contribution is -0.385. The summed E-state index contributed by atoms with van der Waals surface area (Å²) in [5.74, 6) is 0.154. The Kier molecular flexibility index (Phi) is 7.98. The molecule has 2 aromatic carbocycles. The number of carbonyl (C=O) groups is 2. The molecule has 2 aromatic rings. The van der Waals surface area contributed by atoms with Crippen molar-refractivity contribution in [3.8, 4) is 17.2 Å². The molecule has 2 amide bonds. The van der Waals surface area contributed by atoms with Crippen molar-refractivity contribution in [3.63, 3.8) is 0 Å². The highest BCUT2D eigenvalue weighted by atomic mass is 16.6. The second-order valence-electron chi connectivity index (χ2n) is 6.05. The minimum Gasteiger partial charge on any atom is -0.493 e. The van der Waals surface area contributed by atoms with Crippen LogP contribution >= 0.6 is 0 Å². The van der Waals surface area contributed by atoms with Gasteiger partial charge < -0.3 is 24.8 Å². The predicted molar refractivity (Wildman–Crippen MR) is 108 cm³/mol. The van der Waals surface area contributed by atoms with Gasteiger partial charge in [0.05, 0.1) is 19.1 Å². The number of nitro groups is 1. The smallest absolute Gasteiger partial charge is 0.311 e. The molecule has 0 aliphatic heterocycles. The number of hydrogen-bond acceptors (Lipinski definition) is 7. The van der Waals surface area contributed by atoms with Crippen molar-refractivity contribution in [2.45, 2.75) is 13.5 Å². The summed E-state index contributed by atoms with van der Waals surface area (Å²) in [5, 5.41) is 16.4. The van der Waals surface area contributed by atoms with E-state index in [1.54, 1.807) is 18.2 Å². The average Bonchev–Trinajstić information content (AvgIpc) is 2.75. The Balaban J connectivity index is 2.05. The number of rotatable bonds is 10. The van der Waals surface area contributed by atoms with Crippen LogP contribution in [0, 0.1) is 10.1 Å². The summed E-state index contributed by atoms with van der Waals surface area (Å²) in [6.45, 7) is 2.34. The topological polar surface area (TPSA) is 129 Å². The van der Waals surface area contributed by atoms with E-state index < -0.39 is 10.8 Å². The average molecular weight is 417 g/mol. The van der Waals surface area contributed by atoms with Gasteiger partial charge in [-0.25, -0.2) is 0 Å². The maximum Gasteiger partial charge on any atom is 0.311 e. The summed E-state index contributed by atoms with van der Waals surface area (Å²) in [5.41, 5.74) is 0.561. The Hall–Kier alpha value is -3.82. The van der Waals surface area contributed by atoms with Crippen LogP contribution in [-0.4, -0.2) is 44.1 Å². The third-order valence-electron chi connectivity index (χ3n) is 4.05. The first-order chi connectivity index (χ1) is 14.4. The molecule has 0 saturated heterocycles. The van der Waals surface area contributed by atoms with Crippen molar-refractivity contribution in [2.75, 3.05) is 27.4 Å². The van der Waals surface area contributed by atoms with E-state index in [1.807, 2.05) is 6.92 Å². The molecule has 0 aromatic heterocycles. The van der Waals surface area contributed by atoms with E-state index in [0.717, 1.165) is 6.07 Å². The summed E-state index contributed by atoms with van der Waals surface area (Å²) in [4.78, 5) is 34.4. The van der Waals surface area contributed by atoms with Gasteiger partial charge in [-0.2, -0.15) is 0 Å². The van der Waals surface area contributed by atoms with Crippen LogP contribution in [0.5, 0.6) is 17.2 Å². The minimum absolute atomic E-state index is 0.0736. The minimum atomic E-state index is -0.611. The fourth-order valence-corrected chi connectivity index (χ4v) is 2.59. The summed E-state index contributed by atoms with van der Waals surface area (Å²) >= 11 is 0. The predicted octanol–water partition coefficient (Wildman–Crippen LogP) is 2.06. The highest BCUT2D eigenvalue weighted by Crippen LogP contribution is 2.29. The van der Waals surface area contributed by atoms with Crippen LogP contribution in [0.25, 0.3) is 0 Å². The fraction of sp³-hybridized carbons (Fsp3) is 0.300. The number of benzene rings is 2. The molecule has 0 heterocycles. The number of nitrogens with zero attached hydrogens (tertiary/aromatic N) is 1. The molecule has 0 radical (unpaired) electrons. The van der Waals surface area contributed by atoms with Crippen LogP contribution in [0.1, 0.15) is 22.8 Å². The van der Waals surface area contributed by atoms with Crippen LogP contribution in [0.4, 0.5) is 5.69 Å². The van der Waals surface area contributed by atoms with E-state index in [-0.39, 0.29) is 36.1 Å². The van der Waals surface area contributed by atoms with Crippen LogP contribution in [0.15, 0.2) is 36.4 Å². The first kappa shape index (κ1) is 22.5. The molecule has 30 heavy (non-hydrogen) atoms. The number of amides is 2. The summed E-state index contributed by atoms with van der Waals surface area (Å²) < 4.78 is 15.7. The number of nitrogens with one attached hydrogen (secondary N) is 2. The Morgan fingerprint density at radius 1 is 1.00 bits per heavy atom. The van der Waals surface area contributed by atoms with E-state index in [4.69, 9.17) is 14.2 Å². The number of likely N-dealkylation sites (N-methyl/N-ethyl adjacent to an activating group) is 1. The van der Waals surface area contributed by atoms with Gasteiger partial charge in [0.1, 0.15) is 0 Å². The van der Waals surface area contributed by atoms with Crippen molar-refractivity contribution in [1.29, 1.82) is 0 Å². The van der Waals surface area contributed by atoms with E-state index in [0.29, 0.717) is 23.6 Å². The van der Waals surface area contributed by atoms with E-state index in [9.17, 15) is 19.7 Å². The molecule has 10 heteroatoms. The number of nitro benzene ring substituents is 1. The van der Waals surface area contributed by atoms with Gasteiger partial charge in [0.15, 0.2) is 23.9 Å². The largest absolute Gasteiger partial charge is 0.493 e. The molecule has 0 atom stereocenters. The number of carbonyl (C=O) groups excluding carboxylic acids is 2. The third kappa shape index (κ3) is 5.84. The summed E-state index contributed by atoms with van der Waals surface area (Å²) in [6.07, 6.45) is 0. The molecule has 2 N–H and O–H groups in total. The van der Waals surface area contributed by atoms with Gasteiger partial charge in [-0.3, -0.25) is 19.7 Å². The number of hydrogen-bond donors (Lipinski definition) is 2. The number of ether oxygens (including phenoxy) is 3. The zero-order chi connectivity index (χ0) is 22.1. The third-order valence-corrected chi connectivity index (χ3v) is 4.05. The normalized spacial score (nSPS) is 10.1. The van der Waals surface area contributed by atoms with Crippen molar-refractivity contribution in [1.82, 2.24) is 10.6 Å². The Morgan fingerprint density at radius 2 is 1.70 bits per heavy atom. The molecule has 0 aliphatic rings. The molecule has 0 unspecified atom stereocenters. The van der Waals surface area contributed by atoms with Crippen molar-refractivity contribution in [2.24, 2.45) is 0 Å². The lowest BCUT2D eigenvalue weighted by atomic mass is 10.1. The molecule has 0 aliphatic carbocycles. The van der Waals surface area contributed by atoms with E-state index >= 15 is 0 Å². The molecule has 0 saturated carbocycles. The van der Waals surface area contributed by atoms with Crippen LogP contribution in [0.3, 0.4) is 0 Å². The molecule has 0 fully saturated rings. The van der Waals surface area contributed by atoms with Gasteiger partial charge >= 0.3 is 5.69 Å². The summed E-state index contributed by atoms with van der Waals surface area (Å²) in [7, 11) is 2.78. The first-order valence-electron chi connectivity index (χ1n) is 9.06. The van der Waals surface area contributed by atoms with Gasteiger partial charge in [-0.05, 0) is 36.8 Å². The zero-order valence-corrected chi connectivity index (χ0v) is 16.9. The molecule has 160 valence electrons. The van der Waals surface area contributed by atoms with Crippen LogP contribution in [0.2, 0.25) is 0 Å². The lowest BCUT2D eigenvalue weighted by Crippen LogP contribution is -2.28. The highest BCUT2D eigenvalue weighted by molar-refractivity contribution is 5.95. The fourth-order valence-electron chi connectivity index (χ4n) is 2.59. The van der Waals surface area contributed by atoms with Crippen molar-refractivity contribution in [3.05, 3.63) is 57.6 Å². The van der Waals surface area contributed by atoms with Crippen molar-refractivity contribution >= 4 is 17.5 Å². The van der Waals surface area contributed by atoms with Crippen molar-refractivity contribution < 1.29 is 28.7 Å². The van der Waals surface area contributed by atoms with Gasteiger partial charge in [0.25, 0.3) is 11.8 Å². The van der Waals surface area contributed by atoms with Gasteiger partial charge in [-0.15, -0.1) is 0 Å². The molecule has 0 bridgehead atoms. The maximum atomic E-state index is 12.4. The van der Waals surface area contributed by atoms with Gasteiger partial charge in [0, 0.05) is 24.7 Å². The van der Waals surface area contributed by atoms with Crippen LogP contribution in [-0.2, 0) is 11.3 Å². The molecular formula is C20H23N3O7. The second-order valence-corrected chi connectivity index (χ2v) is 6.05. The standard InChI is InChI=1S/C20H23N3O7/c1-4-21-19(24)12-30-17-7-5-13(9-18(17)29-3)11-22-20(25)14-6-8-16(28-2)15(10-14)23(26)27/h5-10H,4,11-12H2,1-3H3,(H,21,24)(H,22,25). The van der Waals surface area contributed by atoms with Gasteiger partial charge in [-0.1, -0.05) is 6.07 Å². The Labute approximate surface area is 173 Å². The highest BCUT2D eigenvalue weighted by Gasteiger charge is 2.18. The van der Waals surface area contributed by atoms with Crippen LogP contribution < -0.4 is 24.8 Å². The Bertz CT molecular complexity index is 931.